The van der Waals surface area contributed by atoms with Crippen LogP contribution in [0.15, 0.2) is 34.8 Å². The van der Waals surface area contributed by atoms with Crippen LogP contribution in [-0.2, 0) is 0 Å². The zero-order valence-electron chi connectivity index (χ0n) is 10.4. The molecule has 0 radical (unpaired) electrons. The number of ketones is 1. The molecule has 0 N–H and O–H groups in total. The Morgan fingerprint density at radius 2 is 1.84 bits per heavy atom. The molecular formula is C15H11BrClIO. The first-order chi connectivity index (χ1) is 8.90. The lowest BCUT2D eigenvalue weighted by Gasteiger charge is -2.09. The van der Waals surface area contributed by atoms with Crippen LogP contribution in [0.2, 0.25) is 5.02 Å². The second-order valence-electron chi connectivity index (χ2n) is 4.37. The number of carbonyl (C=O) groups excluding carboxylic acids is 1. The van der Waals surface area contributed by atoms with Crippen molar-refractivity contribution in [1.29, 1.82) is 0 Å². The molecule has 0 amide bonds. The van der Waals surface area contributed by atoms with Crippen LogP contribution in [0.1, 0.15) is 27.0 Å². The van der Waals surface area contributed by atoms with Gasteiger partial charge in [0.05, 0.1) is 5.02 Å². The molecule has 98 valence electrons. The van der Waals surface area contributed by atoms with E-state index in [1.54, 1.807) is 6.07 Å². The van der Waals surface area contributed by atoms with Crippen LogP contribution < -0.4 is 0 Å². The van der Waals surface area contributed by atoms with Crippen molar-refractivity contribution in [3.8, 4) is 0 Å². The van der Waals surface area contributed by atoms with Crippen molar-refractivity contribution in [3.05, 3.63) is 65.7 Å². The van der Waals surface area contributed by atoms with Crippen LogP contribution >= 0.6 is 50.1 Å². The zero-order valence-corrected chi connectivity index (χ0v) is 14.9. The topological polar surface area (TPSA) is 17.1 Å². The first kappa shape index (κ1) is 15.0. The van der Waals surface area contributed by atoms with Crippen molar-refractivity contribution in [3.63, 3.8) is 0 Å². The van der Waals surface area contributed by atoms with E-state index in [-0.39, 0.29) is 5.78 Å². The lowest BCUT2D eigenvalue weighted by Crippen LogP contribution is -2.04. The highest BCUT2D eigenvalue weighted by atomic mass is 127. The summed E-state index contributed by atoms with van der Waals surface area (Å²) >= 11 is 11.7. The highest BCUT2D eigenvalue weighted by Gasteiger charge is 2.14. The average molecular weight is 450 g/mol. The number of aryl methyl sites for hydroxylation is 2. The Labute approximate surface area is 139 Å². The first-order valence-electron chi connectivity index (χ1n) is 5.66. The molecule has 0 atom stereocenters. The minimum atomic E-state index is 0.00593. The largest absolute Gasteiger partial charge is 0.289 e. The standard InChI is InChI=1S/C15H11BrClIO/c1-8-6-12(16)9(2)5-11(8)15(19)10-3-4-14(18)13(17)7-10/h3-7H,1-2H3. The smallest absolute Gasteiger partial charge is 0.193 e. The molecule has 0 fully saturated rings. The van der Waals surface area contributed by atoms with Gasteiger partial charge in [-0.3, -0.25) is 4.79 Å². The van der Waals surface area contributed by atoms with Crippen LogP contribution in [0.4, 0.5) is 0 Å². The zero-order chi connectivity index (χ0) is 14.2. The summed E-state index contributed by atoms with van der Waals surface area (Å²) in [5, 5.41) is 0.609. The normalized spacial score (nSPS) is 10.6. The predicted molar refractivity (Wildman–Crippen MR) is 91.2 cm³/mol. The van der Waals surface area contributed by atoms with Crippen LogP contribution in [0, 0.1) is 17.4 Å². The number of hydrogen-bond acceptors (Lipinski definition) is 1. The van der Waals surface area contributed by atoms with E-state index in [4.69, 9.17) is 11.6 Å². The van der Waals surface area contributed by atoms with Gasteiger partial charge in [0.2, 0.25) is 0 Å². The maximum Gasteiger partial charge on any atom is 0.193 e. The second-order valence-corrected chi connectivity index (χ2v) is 6.80. The first-order valence-corrected chi connectivity index (χ1v) is 7.91. The summed E-state index contributed by atoms with van der Waals surface area (Å²) in [6.45, 7) is 3.91. The lowest BCUT2D eigenvalue weighted by molar-refractivity contribution is 0.103. The number of benzene rings is 2. The number of halogens is 3. The maximum absolute atomic E-state index is 12.5. The van der Waals surface area contributed by atoms with E-state index in [1.165, 1.54) is 0 Å². The van der Waals surface area contributed by atoms with Crippen LogP contribution in [-0.4, -0.2) is 5.78 Å². The van der Waals surface area contributed by atoms with Crippen molar-refractivity contribution >= 4 is 55.9 Å². The summed E-state index contributed by atoms with van der Waals surface area (Å²) in [6.07, 6.45) is 0. The molecule has 2 aromatic rings. The van der Waals surface area contributed by atoms with Gasteiger partial charge in [0, 0.05) is 19.2 Å². The summed E-state index contributed by atoms with van der Waals surface area (Å²) < 4.78 is 1.96. The highest BCUT2D eigenvalue weighted by Crippen LogP contribution is 2.25. The number of carbonyl (C=O) groups is 1. The molecule has 0 unspecified atom stereocenters. The summed E-state index contributed by atoms with van der Waals surface area (Å²) in [6, 6.07) is 9.27. The molecule has 1 nitrogen and oxygen atoms in total. The molecule has 0 aliphatic rings. The molecule has 2 rings (SSSR count). The molecule has 2 aromatic carbocycles. The van der Waals surface area contributed by atoms with Gasteiger partial charge in [-0.05, 0) is 77.9 Å². The van der Waals surface area contributed by atoms with E-state index in [1.807, 2.05) is 38.1 Å². The molecule has 19 heavy (non-hydrogen) atoms. The summed E-state index contributed by atoms with van der Waals surface area (Å²) in [5.74, 6) is 0.00593. The van der Waals surface area contributed by atoms with Crippen LogP contribution in [0.25, 0.3) is 0 Å². The Morgan fingerprint density at radius 3 is 2.47 bits per heavy atom. The van der Waals surface area contributed by atoms with Crippen LogP contribution in [0.5, 0.6) is 0 Å². The Balaban J connectivity index is 2.49. The quantitative estimate of drug-likeness (QED) is 0.434. The van der Waals surface area contributed by atoms with Crippen molar-refractivity contribution in [2.24, 2.45) is 0 Å². The van der Waals surface area contributed by atoms with E-state index >= 15 is 0 Å². The summed E-state index contributed by atoms with van der Waals surface area (Å²) in [4.78, 5) is 12.5. The highest BCUT2D eigenvalue weighted by molar-refractivity contribution is 14.1. The van der Waals surface area contributed by atoms with E-state index in [0.29, 0.717) is 10.6 Å². The van der Waals surface area contributed by atoms with Crippen LogP contribution in [0.3, 0.4) is 0 Å². The lowest BCUT2D eigenvalue weighted by atomic mass is 9.97. The average Bonchev–Trinajstić information content (AvgIpc) is 2.36. The molecule has 0 spiro atoms. The van der Waals surface area contributed by atoms with Gasteiger partial charge < -0.3 is 0 Å². The monoisotopic (exact) mass is 448 g/mol. The van der Waals surface area contributed by atoms with Gasteiger partial charge in [-0.25, -0.2) is 0 Å². The molecule has 0 aliphatic carbocycles. The van der Waals surface area contributed by atoms with Gasteiger partial charge in [-0.15, -0.1) is 0 Å². The molecule has 0 aliphatic heterocycles. The summed E-state index contributed by atoms with van der Waals surface area (Å²) in [7, 11) is 0. The molecule has 0 bridgehead atoms. The van der Waals surface area contributed by atoms with Gasteiger partial charge >= 0.3 is 0 Å². The summed E-state index contributed by atoms with van der Waals surface area (Å²) in [5.41, 5.74) is 3.34. The molecule has 4 heteroatoms. The van der Waals surface area contributed by atoms with Crippen molar-refractivity contribution in [2.75, 3.05) is 0 Å². The van der Waals surface area contributed by atoms with E-state index in [0.717, 1.165) is 24.7 Å². The van der Waals surface area contributed by atoms with Gasteiger partial charge in [0.15, 0.2) is 5.78 Å². The molecule has 0 heterocycles. The number of hydrogen-bond donors (Lipinski definition) is 0. The third kappa shape index (κ3) is 3.20. The minimum Gasteiger partial charge on any atom is -0.289 e. The van der Waals surface area contributed by atoms with E-state index < -0.39 is 0 Å². The van der Waals surface area contributed by atoms with E-state index in [2.05, 4.69) is 38.5 Å². The van der Waals surface area contributed by atoms with Crippen molar-refractivity contribution in [1.82, 2.24) is 0 Å². The molecule has 0 aromatic heterocycles. The second kappa shape index (κ2) is 5.94. The Hall–Kier alpha value is -0.390. The maximum atomic E-state index is 12.5. The van der Waals surface area contributed by atoms with Crippen molar-refractivity contribution < 1.29 is 4.79 Å². The Bertz CT molecular complexity index is 667. The van der Waals surface area contributed by atoms with Gasteiger partial charge in [-0.2, -0.15) is 0 Å². The fourth-order valence-electron chi connectivity index (χ4n) is 1.82. The van der Waals surface area contributed by atoms with Gasteiger partial charge in [-0.1, -0.05) is 27.5 Å². The van der Waals surface area contributed by atoms with Gasteiger partial charge in [0.25, 0.3) is 0 Å². The molecule has 0 saturated heterocycles. The Morgan fingerprint density at radius 1 is 1.16 bits per heavy atom. The predicted octanol–water partition coefficient (Wildman–Crippen LogP) is 5.55. The SMILES string of the molecule is Cc1cc(C(=O)c2ccc(I)c(Cl)c2)c(C)cc1Br. The minimum absolute atomic E-state index is 0.00593. The number of rotatable bonds is 2. The third-order valence-electron chi connectivity index (χ3n) is 2.93. The van der Waals surface area contributed by atoms with Crippen molar-refractivity contribution in [2.45, 2.75) is 13.8 Å². The molecule has 0 saturated carbocycles. The Kier molecular flexibility index (Phi) is 4.69. The third-order valence-corrected chi connectivity index (χ3v) is 5.36. The fraction of sp³-hybridized carbons (Fsp3) is 0.133. The van der Waals surface area contributed by atoms with E-state index in [9.17, 15) is 4.79 Å². The fourth-order valence-corrected chi connectivity index (χ4v) is 2.79. The molecular weight excluding hydrogens is 438 g/mol. The van der Waals surface area contributed by atoms with Gasteiger partial charge in [0.1, 0.15) is 0 Å².